The van der Waals surface area contributed by atoms with E-state index in [4.69, 9.17) is 9.47 Å². The molecule has 1 aromatic heterocycles. The SMILES string of the molecule is COc1cc2[nH]c(=O)n(CCN(C)C)c2cc1OC. The monoisotopic (exact) mass is 265 g/mol. The van der Waals surface area contributed by atoms with E-state index in [-0.39, 0.29) is 5.69 Å². The van der Waals surface area contributed by atoms with E-state index in [1.165, 1.54) is 0 Å². The Bertz CT molecular complexity index is 628. The maximum absolute atomic E-state index is 12.0. The summed E-state index contributed by atoms with van der Waals surface area (Å²) in [7, 11) is 7.11. The van der Waals surface area contributed by atoms with E-state index in [1.54, 1.807) is 24.9 Å². The first-order valence-electron chi connectivity index (χ1n) is 6.06. The van der Waals surface area contributed by atoms with Crippen molar-refractivity contribution < 1.29 is 9.47 Å². The lowest BCUT2D eigenvalue weighted by molar-refractivity contribution is 0.355. The zero-order valence-corrected chi connectivity index (χ0v) is 11.7. The van der Waals surface area contributed by atoms with Crippen LogP contribution in [0.4, 0.5) is 0 Å². The van der Waals surface area contributed by atoms with Gasteiger partial charge in [0.2, 0.25) is 0 Å². The average molecular weight is 265 g/mol. The predicted octanol–water partition coefficient (Wildman–Crippen LogP) is 0.908. The molecule has 6 nitrogen and oxygen atoms in total. The first-order chi connectivity index (χ1) is 9.06. The van der Waals surface area contributed by atoms with Crippen LogP contribution in [0.3, 0.4) is 0 Å². The number of methoxy groups -OCH3 is 2. The molecule has 0 bridgehead atoms. The van der Waals surface area contributed by atoms with Crippen molar-refractivity contribution >= 4 is 11.0 Å². The summed E-state index contributed by atoms with van der Waals surface area (Å²) in [4.78, 5) is 16.8. The largest absolute Gasteiger partial charge is 0.493 e. The lowest BCUT2D eigenvalue weighted by atomic mass is 10.2. The maximum Gasteiger partial charge on any atom is 0.326 e. The van der Waals surface area contributed by atoms with E-state index in [2.05, 4.69) is 4.98 Å². The highest BCUT2D eigenvalue weighted by Gasteiger charge is 2.12. The molecule has 0 radical (unpaired) electrons. The third-order valence-electron chi connectivity index (χ3n) is 3.05. The Hall–Kier alpha value is -1.95. The molecule has 0 aliphatic heterocycles. The number of nitrogens with one attached hydrogen (secondary N) is 1. The molecule has 0 amide bonds. The van der Waals surface area contributed by atoms with Gasteiger partial charge in [0, 0.05) is 25.2 Å². The second-order valence-electron chi connectivity index (χ2n) is 4.61. The third kappa shape index (κ3) is 2.58. The standard InChI is InChI=1S/C13H19N3O3/c1-15(2)5-6-16-10-8-12(19-4)11(18-3)7-9(10)14-13(16)17/h7-8H,5-6H2,1-4H3,(H,14,17). The molecular weight excluding hydrogens is 246 g/mol. The van der Waals surface area contributed by atoms with Gasteiger partial charge in [0.1, 0.15) is 0 Å². The van der Waals surface area contributed by atoms with Gasteiger partial charge in [-0.1, -0.05) is 0 Å². The number of hydrogen-bond donors (Lipinski definition) is 1. The predicted molar refractivity (Wildman–Crippen MR) is 74.2 cm³/mol. The number of rotatable bonds is 5. The smallest absolute Gasteiger partial charge is 0.326 e. The minimum atomic E-state index is -0.118. The van der Waals surface area contributed by atoms with Crippen molar-refractivity contribution in [2.45, 2.75) is 6.54 Å². The Balaban J connectivity index is 2.52. The number of hydrogen-bond acceptors (Lipinski definition) is 4. The van der Waals surface area contributed by atoms with Crippen LogP contribution in [0.25, 0.3) is 11.0 Å². The number of likely N-dealkylation sites (N-methyl/N-ethyl adjacent to an activating group) is 1. The number of fused-ring (bicyclic) bond motifs is 1. The average Bonchev–Trinajstić information content (AvgIpc) is 2.69. The molecule has 0 aliphatic carbocycles. The number of aromatic amines is 1. The van der Waals surface area contributed by atoms with Gasteiger partial charge in [0.25, 0.3) is 0 Å². The Morgan fingerprint density at radius 2 is 1.84 bits per heavy atom. The highest BCUT2D eigenvalue weighted by molar-refractivity contribution is 5.80. The Kier molecular flexibility index (Phi) is 3.80. The van der Waals surface area contributed by atoms with E-state index in [9.17, 15) is 4.79 Å². The van der Waals surface area contributed by atoms with Crippen molar-refractivity contribution in [3.05, 3.63) is 22.6 Å². The van der Waals surface area contributed by atoms with Crippen LogP contribution in [-0.4, -0.2) is 49.3 Å². The van der Waals surface area contributed by atoms with Crippen molar-refractivity contribution in [1.82, 2.24) is 14.5 Å². The minimum absolute atomic E-state index is 0.118. The van der Waals surface area contributed by atoms with E-state index >= 15 is 0 Å². The van der Waals surface area contributed by atoms with Gasteiger partial charge in [-0.15, -0.1) is 0 Å². The molecule has 19 heavy (non-hydrogen) atoms. The Labute approximate surface area is 111 Å². The quantitative estimate of drug-likeness (QED) is 0.873. The number of imidazole rings is 1. The summed E-state index contributed by atoms with van der Waals surface area (Å²) in [6.45, 7) is 1.42. The van der Waals surface area contributed by atoms with Crippen molar-refractivity contribution in [2.24, 2.45) is 0 Å². The van der Waals surface area contributed by atoms with Gasteiger partial charge in [-0.05, 0) is 14.1 Å². The van der Waals surface area contributed by atoms with E-state index in [0.29, 0.717) is 18.0 Å². The third-order valence-corrected chi connectivity index (χ3v) is 3.05. The van der Waals surface area contributed by atoms with E-state index < -0.39 is 0 Å². The molecule has 0 atom stereocenters. The summed E-state index contributed by atoms with van der Waals surface area (Å²) in [5.74, 6) is 1.23. The molecule has 0 unspecified atom stereocenters. The van der Waals surface area contributed by atoms with Gasteiger partial charge in [-0.2, -0.15) is 0 Å². The van der Waals surface area contributed by atoms with Gasteiger partial charge in [0.05, 0.1) is 25.3 Å². The first kappa shape index (κ1) is 13.5. The topological polar surface area (TPSA) is 59.5 Å². The fourth-order valence-corrected chi connectivity index (χ4v) is 2.01. The molecule has 104 valence electrons. The number of aromatic nitrogens is 2. The number of benzene rings is 1. The molecule has 0 fully saturated rings. The van der Waals surface area contributed by atoms with Gasteiger partial charge >= 0.3 is 5.69 Å². The van der Waals surface area contributed by atoms with Crippen LogP contribution in [0.5, 0.6) is 11.5 Å². The van der Waals surface area contributed by atoms with E-state index in [1.807, 2.05) is 25.1 Å². The van der Waals surface area contributed by atoms with Crippen LogP contribution < -0.4 is 15.2 Å². The summed E-state index contributed by atoms with van der Waals surface area (Å²) >= 11 is 0. The summed E-state index contributed by atoms with van der Waals surface area (Å²) in [6, 6.07) is 3.60. The summed E-state index contributed by atoms with van der Waals surface area (Å²) < 4.78 is 12.2. The fraction of sp³-hybridized carbons (Fsp3) is 0.462. The highest BCUT2D eigenvalue weighted by atomic mass is 16.5. The van der Waals surface area contributed by atoms with Gasteiger partial charge in [0.15, 0.2) is 11.5 Å². The second-order valence-corrected chi connectivity index (χ2v) is 4.61. The second kappa shape index (κ2) is 5.36. The number of nitrogens with zero attached hydrogens (tertiary/aromatic N) is 2. The van der Waals surface area contributed by atoms with E-state index in [0.717, 1.165) is 17.6 Å². The maximum atomic E-state index is 12.0. The molecule has 1 heterocycles. The van der Waals surface area contributed by atoms with Crippen molar-refractivity contribution in [2.75, 3.05) is 34.9 Å². The molecule has 2 rings (SSSR count). The van der Waals surface area contributed by atoms with Crippen molar-refractivity contribution in [3.63, 3.8) is 0 Å². The van der Waals surface area contributed by atoms with Gasteiger partial charge < -0.3 is 19.4 Å². The molecule has 1 N–H and O–H groups in total. The van der Waals surface area contributed by atoms with Gasteiger partial charge in [-0.3, -0.25) is 4.57 Å². The van der Waals surface area contributed by atoms with Crippen LogP contribution in [0.1, 0.15) is 0 Å². The lowest BCUT2D eigenvalue weighted by Crippen LogP contribution is -2.24. The highest BCUT2D eigenvalue weighted by Crippen LogP contribution is 2.30. The number of ether oxygens (including phenoxy) is 2. The molecule has 0 spiro atoms. The van der Waals surface area contributed by atoms with Crippen LogP contribution in [0.15, 0.2) is 16.9 Å². The zero-order valence-electron chi connectivity index (χ0n) is 11.7. The fourth-order valence-electron chi connectivity index (χ4n) is 2.01. The summed E-state index contributed by atoms with van der Waals surface area (Å²) in [6.07, 6.45) is 0. The van der Waals surface area contributed by atoms with Crippen molar-refractivity contribution in [3.8, 4) is 11.5 Å². The number of H-pyrrole nitrogens is 1. The molecule has 0 aliphatic rings. The van der Waals surface area contributed by atoms with Crippen LogP contribution in [-0.2, 0) is 6.54 Å². The molecule has 1 aromatic carbocycles. The normalized spacial score (nSPS) is 11.2. The first-order valence-corrected chi connectivity index (χ1v) is 6.06. The molecule has 0 saturated carbocycles. The molecule has 0 saturated heterocycles. The summed E-state index contributed by atoms with van der Waals surface area (Å²) in [5, 5.41) is 0. The Morgan fingerprint density at radius 1 is 1.21 bits per heavy atom. The molecule has 2 aromatic rings. The summed E-state index contributed by atoms with van der Waals surface area (Å²) in [5.41, 5.74) is 1.46. The van der Waals surface area contributed by atoms with Crippen LogP contribution >= 0.6 is 0 Å². The molecular formula is C13H19N3O3. The zero-order chi connectivity index (χ0) is 14.0. The van der Waals surface area contributed by atoms with Crippen LogP contribution in [0, 0.1) is 0 Å². The minimum Gasteiger partial charge on any atom is -0.493 e. The van der Waals surface area contributed by atoms with Crippen molar-refractivity contribution in [1.29, 1.82) is 0 Å². The van der Waals surface area contributed by atoms with Crippen LogP contribution in [0.2, 0.25) is 0 Å². The van der Waals surface area contributed by atoms with Gasteiger partial charge in [-0.25, -0.2) is 4.79 Å². The Morgan fingerprint density at radius 3 is 2.42 bits per heavy atom. The molecule has 6 heteroatoms. The lowest BCUT2D eigenvalue weighted by Gasteiger charge is -2.11.